The lowest BCUT2D eigenvalue weighted by Crippen LogP contribution is -2.42. The molecule has 0 saturated heterocycles. The molecule has 0 bridgehead atoms. The summed E-state index contributed by atoms with van der Waals surface area (Å²) >= 11 is 3.54. The van der Waals surface area contributed by atoms with Gasteiger partial charge >= 0.3 is 0 Å². The van der Waals surface area contributed by atoms with Gasteiger partial charge in [-0.15, -0.1) is 0 Å². The van der Waals surface area contributed by atoms with Crippen LogP contribution in [0.4, 0.5) is 0 Å². The number of hydrogen-bond donors (Lipinski definition) is 1. The van der Waals surface area contributed by atoms with Crippen molar-refractivity contribution in [2.75, 3.05) is 20.8 Å². The van der Waals surface area contributed by atoms with Gasteiger partial charge in [-0.1, -0.05) is 19.9 Å². The first-order chi connectivity index (χ1) is 9.65. The third kappa shape index (κ3) is 5.08. The van der Waals surface area contributed by atoms with Gasteiger partial charge in [-0.3, -0.25) is 0 Å². The first kappa shape index (κ1) is 17.5. The molecule has 0 amide bonds. The predicted molar refractivity (Wildman–Crippen MR) is 87.6 cm³/mol. The second-order valence-corrected chi connectivity index (χ2v) is 5.77. The lowest BCUT2D eigenvalue weighted by atomic mass is 9.99. The van der Waals surface area contributed by atoms with Crippen molar-refractivity contribution in [3.8, 4) is 5.75 Å². The summed E-state index contributed by atoms with van der Waals surface area (Å²) in [5.41, 5.74) is 1.28. The number of nitrogens with one attached hydrogen (secondary N) is 1. The quantitative estimate of drug-likeness (QED) is 0.739. The molecule has 3 nitrogen and oxygen atoms in total. The van der Waals surface area contributed by atoms with E-state index in [1.165, 1.54) is 5.56 Å². The maximum Gasteiger partial charge on any atom is 0.133 e. The van der Waals surface area contributed by atoms with Crippen LogP contribution in [-0.2, 0) is 11.2 Å². The zero-order chi connectivity index (χ0) is 15.0. The molecule has 0 radical (unpaired) electrons. The Morgan fingerprint density at radius 1 is 1.25 bits per heavy atom. The van der Waals surface area contributed by atoms with Crippen molar-refractivity contribution < 1.29 is 9.47 Å². The molecule has 0 saturated carbocycles. The molecule has 2 atom stereocenters. The van der Waals surface area contributed by atoms with Gasteiger partial charge in [-0.2, -0.15) is 0 Å². The largest absolute Gasteiger partial charge is 0.496 e. The Morgan fingerprint density at radius 2 is 2.00 bits per heavy atom. The fourth-order valence-electron chi connectivity index (χ4n) is 2.37. The van der Waals surface area contributed by atoms with E-state index in [-0.39, 0.29) is 6.10 Å². The minimum absolute atomic E-state index is 0.238. The average Bonchev–Trinajstić information content (AvgIpc) is 2.46. The van der Waals surface area contributed by atoms with Gasteiger partial charge in [0.2, 0.25) is 0 Å². The lowest BCUT2D eigenvalue weighted by Gasteiger charge is -2.26. The van der Waals surface area contributed by atoms with E-state index in [0.717, 1.165) is 36.0 Å². The van der Waals surface area contributed by atoms with Crippen LogP contribution in [0.25, 0.3) is 0 Å². The molecule has 0 aromatic heterocycles. The summed E-state index contributed by atoms with van der Waals surface area (Å²) in [4.78, 5) is 0. The van der Waals surface area contributed by atoms with Gasteiger partial charge in [-0.25, -0.2) is 0 Å². The number of halogens is 1. The lowest BCUT2D eigenvalue weighted by molar-refractivity contribution is 0.0653. The molecule has 0 aliphatic carbocycles. The monoisotopic (exact) mass is 343 g/mol. The van der Waals surface area contributed by atoms with Crippen LogP contribution in [0.5, 0.6) is 5.75 Å². The zero-order valence-corrected chi connectivity index (χ0v) is 14.5. The highest BCUT2D eigenvalue weighted by atomic mass is 79.9. The highest BCUT2D eigenvalue weighted by molar-refractivity contribution is 9.10. The Morgan fingerprint density at radius 3 is 2.50 bits per heavy atom. The summed E-state index contributed by atoms with van der Waals surface area (Å²) in [6, 6.07) is 6.59. The average molecular weight is 344 g/mol. The van der Waals surface area contributed by atoms with E-state index in [4.69, 9.17) is 9.47 Å². The van der Waals surface area contributed by atoms with Crippen molar-refractivity contribution in [3.05, 3.63) is 28.2 Å². The second kappa shape index (κ2) is 9.37. The Bertz CT molecular complexity index is 394. The summed E-state index contributed by atoms with van der Waals surface area (Å²) in [5, 5.41) is 3.60. The van der Waals surface area contributed by atoms with Crippen molar-refractivity contribution in [2.24, 2.45) is 0 Å². The third-order valence-corrected chi connectivity index (χ3v) is 4.10. The minimum atomic E-state index is 0.238. The van der Waals surface area contributed by atoms with E-state index in [0.29, 0.717) is 6.04 Å². The number of rotatable bonds is 9. The zero-order valence-electron chi connectivity index (χ0n) is 12.9. The van der Waals surface area contributed by atoms with E-state index in [1.54, 1.807) is 14.2 Å². The molecule has 4 heteroatoms. The number of ether oxygens (including phenoxy) is 2. The number of methoxy groups -OCH3 is 2. The summed E-state index contributed by atoms with van der Waals surface area (Å²) < 4.78 is 11.9. The molecule has 1 N–H and O–H groups in total. The molecule has 20 heavy (non-hydrogen) atoms. The summed E-state index contributed by atoms with van der Waals surface area (Å²) in [7, 11) is 3.47. The first-order valence-electron chi connectivity index (χ1n) is 7.24. The standard InChI is InChI=1S/C16H26BrNO2/c1-5-9-18-14(15(6-2)19-3)11-12-7-8-16(20-4)13(17)10-12/h7-8,10,14-15,18H,5-6,9,11H2,1-4H3. The van der Waals surface area contributed by atoms with E-state index in [9.17, 15) is 0 Å². The molecule has 114 valence electrons. The third-order valence-electron chi connectivity index (χ3n) is 3.48. The Hall–Kier alpha value is -0.580. The molecule has 0 aliphatic rings. The van der Waals surface area contributed by atoms with Crippen LogP contribution >= 0.6 is 15.9 Å². The molecular formula is C16H26BrNO2. The summed E-state index contributed by atoms with van der Waals surface area (Å²) in [5.74, 6) is 0.866. The van der Waals surface area contributed by atoms with Crippen LogP contribution in [0.3, 0.4) is 0 Å². The Kier molecular flexibility index (Phi) is 8.19. The second-order valence-electron chi connectivity index (χ2n) is 4.92. The minimum Gasteiger partial charge on any atom is -0.496 e. The van der Waals surface area contributed by atoms with E-state index < -0.39 is 0 Å². The van der Waals surface area contributed by atoms with E-state index in [2.05, 4.69) is 47.2 Å². The van der Waals surface area contributed by atoms with Crippen molar-refractivity contribution in [3.63, 3.8) is 0 Å². The van der Waals surface area contributed by atoms with E-state index in [1.807, 2.05) is 6.07 Å². The molecule has 2 unspecified atom stereocenters. The molecule has 1 aromatic rings. The van der Waals surface area contributed by atoms with Crippen LogP contribution < -0.4 is 10.1 Å². The van der Waals surface area contributed by atoms with Gasteiger partial charge in [-0.05, 0) is 59.4 Å². The maximum absolute atomic E-state index is 5.61. The van der Waals surface area contributed by atoms with Crippen molar-refractivity contribution in [2.45, 2.75) is 45.3 Å². The van der Waals surface area contributed by atoms with Crippen LogP contribution in [0, 0.1) is 0 Å². The molecule has 0 heterocycles. The SMILES string of the molecule is CCCNC(Cc1ccc(OC)c(Br)c1)C(CC)OC. The maximum atomic E-state index is 5.61. The van der Waals surface area contributed by atoms with Crippen LogP contribution in [-0.4, -0.2) is 32.9 Å². The molecule has 0 aliphatic heterocycles. The molecule has 0 spiro atoms. The topological polar surface area (TPSA) is 30.5 Å². The van der Waals surface area contributed by atoms with Crippen LogP contribution in [0.15, 0.2) is 22.7 Å². The summed E-state index contributed by atoms with van der Waals surface area (Å²) in [6.45, 7) is 5.36. The fourth-order valence-corrected chi connectivity index (χ4v) is 2.96. The van der Waals surface area contributed by atoms with Crippen molar-refractivity contribution in [1.82, 2.24) is 5.32 Å². The Labute approximate surface area is 131 Å². The molecule has 1 rings (SSSR count). The van der Waals surface area contributed by atoms with Crippen LogP contribution in [0.1, 0.15) is 32.3 Å². The fraction of sp³-hybridized carbons (Fsp3) is 0.625. The van der Waals surface area contributed by atoms with Gasteiger partial charge in [0.25, 0.3) is 0 Å². The van der Waals surface area contributed by atoms with E-state index >= 15 is 0 Å². The normalized spacial score (nSPS) is 14.1. The summed E-state index contributed by atoms with van der Waals surface area (Å²) in [6.07, 6.45) is 3.33. The van der Waals surface area contributed by atoms with Crippen molar-refractivity contribution in [1.29, 1.82) is 0 Å². The van der Waals surface area contributed by atoms with Gasteiger partial charge in [0.05, 0.1) is 17.7 Å². The van der Waals surface area contributed by atoms with Gasteiger partial charge < -0.3 is 14.8 Å². The molecule has 0 fully saturated rings. The van der Waals surface area contributed by atoms with Gasteiger partial charge in [0.15, 0.2) is 0 Å². The smallest absolute Gasteiger partial charge is 0.133 e. The number of hydrogen-bond acceptors (Lipinski definition) is 3. The molecule has 1 aromatic carbocycles. The molecular weight excluding hydrogens is 318 g/mol. The highest BCUT2D eigenvalue weighted by Crippen LogP contribution is 2.26. The first-order valence-corrected chi connectivity index (χ1v) is 8.04. The predicted octanol–water partition coefficient (Wildman–Crippen LogP) is 3.79. The Balaban J connectivity index is 2.79. The highest BCUT2D eigenvalue weighted by Gasteiger charge is 2.19. The van der Waals surface area contributed by atoms with Crippen molar-refractivity contribution >= 4 is 15.9 Å². The van der Waals surface area contributed by atoms with Gasteiger partial charge in [0.1, 0.15) is 5.75 Å². The number of benzene rings is 1. The van der Waals surface area contributed by atoms with Crippen LogP contribution in [0.2, 0.25) is 0 Å². The van der Waals surface area contributed by atoms with Gasteiger partial charge in [0, 0.05) is 13.2 Å².